The van der Waals surface area contributed by atoms with Crippen molar-refractivity contribution < 1.29 is 4.74 Å². The van der Waals surface area contributed by atoms with E-state index in [2.05, 4.69) is 15.9 Å². The molecule has 0 unspecified atom stereocenters. The Morgan fingerprint density at radius 3 is 2.47 bits per heavy atom. The Bertz CT molecular complexity index is 513. The van der Waals surface area contributed by atoms with Gasteiger partial charge in [-0.3, -0.25) is 0 Å². The molecule has 0 heterocycles. The lowest BCUT2D eigenvalue weighted by Gasteiger charge is -2.10. The van der Waals surface area contributed by atoms with Crippen molar-refractivity contribution in [1.82, 2.24) is 0 Å². The number of nitrogens with two attached hydrogens (primary N) is 1. The average Bonchev–Trinajstić information content (AvgIpc) is 2.32. The van der Waals surface area contributed by atoms with Crippen LogP contribution in [0.15, 0.2) is 46.9 Å². The molecular formula is C13H11BrClNO. The van der Waals surface area contributed by atoms with Crippen molar-refractivity contribution in [2.24, 2.45) is 5.73 Å². The molecule has 2 nitrogen and oxygen atoms in total. The Hall–Kier alpha value is -1.03. The summed E-state index contributed by atoms with van der Waals surface area (Å²) < 4.78 is 6.76. The van der Waals surface area contributed by atoms with E-state index in [1.165, 1.54) is 0 Å². The van der Waals surface area contributed by atoms with Crippen molar-refractivity contribution in [2.75, 3.05) is 0 Å². The molecule has 88 valence electrons. The van der Waals surface area contributed by atoms with Gasteiger partial charge in [0, 0.05) is 21.6 Å². The third-order valence-electron chi connectivity index (χ3n) is 2.29. The summed E-state index contributed by atoms with van der Waals surface area (Å²) in [6, 6.07) is 13.0. The molecule has 0 aliphatic heterocycles. The fourth-order valence-electron chi connectivity index (χ4n) is 1.42. The largest absolute Gasteiger partial charge is 0.457 e. The monoisotopic (exact) mass is 311 g/mol. The molecule has 0 spiro atoms. The second kappa shape index (κ2) is 5.54. The van der Waals surface area contributed by atoms with E-state index in [1.54, 1.807) is 12.1 Å². The lowest BCUT2D eigenvalue weighted by molar-refractivity contribution is 0.476. The molecule has 0 saturated carbocycles. The summed E-state index contributed by atoms with van der Waals surface area (Å²) in [5, 5.41) is 0.634. The minimum absolute atomic E-state index is 0.420. The van der Waals surface area contributed by atoms with Crippen molar-refractivity contribution in [3.63, 3.8) is 0 Å². The highest BCUT2D eigenvalue weighted by Gasteiger charge is 2.04. The zero-order valence-corrected chi connectivity index (χ0v) is 11.3. The second-order valence-electron chi connectivity index (χ2n) is 3.51. The molecule has 0 aliphatic rings. The van der Waals surface area contributed by atoms with Crippen LogP contribution in [0.25, 0.3) is 0 Å². The normalized spacial score (nSPS) is 10.3. The Morgan fingerprint density at radius 2 is 1.82 bits per heavy atom. The van der Waals surface area contributed by atoms with Crippen LogP contribution in [0.1, 0.15) is 5.56 Å². The predicted octanol–water partition coefficient (Wildman–Crippen LogP) is 4.35. The van der Waals surface area contributed by atoms with Crippen LogP contribution in [-0.4, -0.2) is 0 Å². The Morgan fingerprint density at radius 1 is 1.12 bits per heavy atom. The average molecular weight is 313 g/mol. The predicted molar refractivity (Wildman–Crippen MR) is 73.6 cm³/mol. The van der Waals surface area contributed by atoms with Crippen molar-refractivity contribution in [3.8, 4) is 11.5 Å². The molecular weight excluding hydrogens is 302 g/mol. The number of rotatable bonds is 3. The van der Waals surface area contributed by atoms with Crippen molar-refractivity contribution >= 4 is 27.5 Å². The van der Waals surface area contributed by atoms with Gasteiger partial charge in [0.2, 0.25) is 0 Å². The van der Waals surface area contributed by atoms with Gasteiger partial charge in [-0.05, 0) is 36.4 Å². The van der Waals surface area contributed by atoms with E-state index in [-0.39, 0.29) is 0 Å². The summed E-state index contributed by atoms with van der Waals surface area (Å²) in [6.45, 7) is 0.420. The smallest absolute Gasteiger partial charge is 0.133 e. The Balaban J connectivity index is 2.28. The minimum atomic E-state index is 0.420. The lowest BCUT2D eigenvalue weighted by atomic mass is 10.2. The number of ether oxygens (including phenoxy) is 1. The van der Waals surface area contributed by atoms with Gasteiger partial charge in [0.1, 0.15) is 11.5 Å². The zero-order chi connectivity index (χ0) is 12.3. The highest BCUT2D eigenvalue weighted by molar-refractivity contribution is 9.10. The lowest BCUT2D eigenvalue weighted by Crippen LogP contribution is -1.99. The van der Waals surface area contributed by atoms with Gasteiger partial charge in [0.25, 0.3) is 0 Å². The molecule has 0 atom stereocenters. The highest BCUT2D eigenvalue weighted by atomic mass is 79.9. The van der Waals surface area contributed by atoms with Gasteiger partial charge in [-0.1, -0.05) is 33.6 Å². The summed E-state index contributed by atoms with van der Waals surface area (Å²) in [5.74, 6) is 1.45. The number of halogens is 2. The molecule has 0 fully saturated rings. The van der Waals surface area contributed by atoms with Gasteiger partial charge in [0.15, 0.2) is 0 Å². The van der Waals surface area contributed by atoms with Crippen LogP contribution in [-0.2, 0) is 6.54 Å². The number of hydrogen-bond donors (Lipinski definition) is 1. The topological polar surface area (TPSA) is 35.2 Å². The molecule has 2 aromatic carbocycles. The third kappa shape index (κ3) is 3.22. The maximum Gasteiger partial charge on any atom is 0.133 e. The van der Waals surface area contributed by atoms with Crippen molar-refractivity contribution in [3.05, 3.63) is 57.5 Å². The summed E-state index contributed by atoms with van der Waals surface area (Å²) in [5.41, 5.74) is 6.58. The van der Waals surface area contributed by atoms with E-state index in [9.17, 15) is 0 Å². The number of benzene rings is 2. The maximum atomic E-state index is 5.94. The first kappa shape index (κ1) is 12.4. The van der Waals surface area contributed by atoms with E-state index in [1.807, 2.05) is 30.3 Å². The molecule has 2 aromatic rings. The molecule has 0 saturated heterocycles. The highest BCUT2D eigenvalue weighted by Crippen LogP contribution is 2.28. The Labute approximate surface area is 113 Å². The fraction of sp³-hybridized carbons (Fsp3) is 0.0769. The zero-order valence-electron chi connectivity index (χ0n) is 8.99. The third-order valence-corrected chi connectivity index (χ3v) is 3.05. The van der Waals surface area contributed by atoms with Crippen molar-refractivity contribution in [1.29, 1.82) is 0 Å². The van der Waals surface area contributed by atoms with Crippen LogP contribution in [0, 0.1) is 0 Å². The maximum absolute atomic E-state index is 5.94. The quantitative estimate of drug-likeness (QED) is 0.914. The summed E-state index contributed by atoms with van der Waals surface area (Å²) in [7, 11) is 0. The van der Waals surface area contributed by atoms with Crippen molar-refractivity contribution in [2.45, 2.75) is 6.54 Å². The van der Waals surface area contributed by atoms with Crippen LogP contribution in [0.4, 0.5) is 0 Å². The van der Waals surface area contributed by atoms with E-state index < -0.39 is 0 Å². The van der Waals surface area contributed by atoms with Gasteiger partial charge in [-0.15, -0.1) is 0 Å². The van der Waals surface area contributed by atoms with Crippen LogP contribution in [0.2, 0.25) is 5.02 Å². The first-order valence-corrected chi connectivity index (χ1v) is 6.28. The van der Waals surface area contributed by atoms with E-state index in [0.29, 0.717) is 17.3 Å². The molecule has 0 amide bonds. The first-order chi connectivity index (χ1) is 8.19. The fourth-order valence-corrected chi connectivity index (χ4v) is 1.85. The van der Waals surface area contributed by atoms with Gasteiger partial charge in [-0.25, -0.2) is 0 Å². The van der Waals surface area contributed by atoms with Crippen LogP contribution >= 0.6 is 27.5 Å². The molecule has 0 aromatic heterocycles. The minimum Gasteiger partial charge on any atom is -0.457 e. The first-order valence-electron chi connectivity index (χ1n) is 5.11. The van der Waals surface area contributed by atoms with Gasteiger partial charge in [0.05, 0.1) is 0 Å². The number of hydrogen-bond acceptors (Lipinski definition) is 2. The van der Waals surface area contributed by atoms with E-state index in [4.69, 9.17) is 22.1 Å². The summed E-state index contributed by atoms with van der Waals surface area (Å²) in [6.07, 6.45) is 0. The molecule has 4 heteroatoms. The summed E-state index contributed by atoms with van der Waals surface area (Å²) >= 11 is 9.31. The van der Waals surface area contributed by atoms with Crippen LogP contribution in [0.3, 0.4) is 0 Å². The van der Waals surface area contributed by atoms with E-state index >= 15 is 0 Å². The molecule has 0 radical (unpaired) electrons. The standard InChI is InChI=1S/C13H11BrClNO/c14-10-2-5-12(6-3-10)17-13-7-11(15)4-1-9(13)8-16/h1-7H,8,16H2. The molecule has 17 heavy (non-hydrogen) atoms. The molecule has 0 aliphatic carbocycles. The van der Waals surface area contributed by atoms with Gasteiger partial charge in [-0.2, -0.15) is 0 Å². The second-order valence-corrected chi connectivity index (χ2v) is 4.86. The SMILES string of the molecule is NCc1ccc(Cl)cc1Oc1ccc(Br)cc1. The van der Waals surface area contributed by atoms with Crippen LogP contribution in [0.5, 0.6) is 11.5 Å². The van der Waals surface area contributed by atoms with E-state index in [0.717, 1.165) is 15.8 Å². The van der Waals surface area contributed by atoms with Gasteiger partial charge < -0.3 is 10.5 Å². The molecule has 2 N–H and O–H groups in total. The van der Waals surface area contributed by atoms with Gasteiger partial charge >= 0.3 is 0 Å². The Kier molecular flexibility index (Phi) is 4.05. The van der Waals surface area contributed by atoms with Crippen LogP contribution < -0.4 is 10.5 Å². The summed E-state index contributed by atoms with van der Waals surface area (Å²) in [4.78, 5) is 0. The molecule has 2 rings (SSSR count). The molecule has 0 bridgehead atoms.